The Morgan fingerprint density at radius 2 is 1.18 bits per heavy atom. The molecule has 1 amide bonds. The molecule has 2 aromatic carbocycles. The van der Waals surface area contributed by atoms with Crippen LogP contribution in [0.2, 0.25) is 0 Å². The van der Waals surface area contributed by atoms with E-state index in [1.54, 1.807) is 61.9 Å². The van der Waals surface area contributed by atoms with Crippen LogP contribution >= 0.6 is 0 Å². The number of ether oxygens (including phenoxy) is 2. The zero-order valence-corrected chi connectivity index (χ0v) is 24.1. The van der Waals surface area contributed by atoms with Crippen molar-refractivity contribution in [1.29, 1.82) is 0 Å². The molecule has 6 nitrogen and oxygen atoms in total. The highest BCUT2D eigenvalue weighted by molar-refractivity contribution is 5.91. The molecule has 0 radical (unpaired) electrons. The van der Waals surface area contributed by atoms with E-state index in [9.17, 15) is 9.59 Å². The van der Waals surface area contributed by atoms with Crippen LogP contribution in [0.25, 0.3) is 0 Å². The summed E-state index contributed by atoms with van der Waals surface area (Å²) in [6, 6.07) is 13.7. The Morgan fingerprint density at radius 1 is 0.692 bits per heavy atom. The molecule has 0 saturated heterocycles. The summed E-state index contributed by atoms with van der Waals surface area (Å²) in [6.45, 7) is 2.27. The number of benzene rings is 2. The van der Waals surface area contributed by atoms with Crippen LogP contribution in [0.15, 0.2) is 53.6 Å². The summed E-state index contributed by atoms with van der Waals surface area (Å²) < 4.78 is 10.5. The lowest BCUT2D eigenvalue weighted by atomic mass is 10.0. The fourth-order valence-corrected chi connectivity index (χ4v) is 4.41. The van der Waals surface area contributed by atoms with Gasteiger partial charge in [0.2, 0.25) is 5.91 Å². The summed E-state index contributed by atoms with van der Waals surface area (Å²) in [7, 11) is 1.57. The fraction of sp³-hybridized carbons (Fsp3) is 0.545. The second-order valence-electron chi connectivity index (χ2n) is 10.2. The maximum absolute atomic E-state index is 12.3. The van der Waals surface area contributed by atoms with E-state index in [4.69, 9.17) is 9.47 Å². The normalized spacial score (nSPS) is 11.0. The number of hydrogen-bond donors (Lipinski definition) is 1. The lowest BCUT2D eigenvalue weighted by Crippen LogP contribution is -2.16. The molecule has 0 aliphatic rings. The highest BCUT2D eigenvalue weighted by Crippen LogP contribution is 2.17. The predicted molar refractivity (Wildman–Crippen MR) is 160 cm³/mol. The Labute approximate surface area is 235 Å². The number of rotatable bonds is 21. The standard InChI is InChI=1S/C33H48N2O4/c1-3-4-5-6-7-8-9-10-11-12-13-14-15-16-17-18-32(36)35-34-27-28-19-23-31(24-20-28)39-33(37)29-21-25-30(38-2)26-22-29/h19-27H,3-18H2,1-2H3,(H,35,36). The van der Waals surface area contributed by atoms with Gasteiger partial charge in [-0.3, -0.25) is 4.79 Å². The van der Waals surface area contributed by atoms with Crippen molar-refractivity contribution in [3.63, 3.8) is 0 Å². The van der Waals surface area contributed by atoms with Gasteiger partial charge in [-0.05, 0) is 60.5 Å². The molecule has 6 heteroatoms. The van der Waals surface area contributed by atoms with E-state index in [1.807, 2.05) is 0 Å². The minimum Gasteiger partial charge on any atom is -0.497 e. The van der Waals surface area contributed by atoms with Gasteiger partial charge < -0.3 is 9.47 Å². The topological polar surface area (TPSA) is 77.0 Å². The van der Waals surface area contributed by atoms with Gasteiger partial charge in [-0.1, -0.05) is 96.8 Å². The van der Waals surface area contributed by atoms with Gasteiger partial charge in [0.25, 0.3) is 0 Å². The van der Waals surface area contributed by atoms with Crippen LogP contribution in [-0.2, 0) is 4.79 Å². The van der Waals surface area contributed by atoms with E-state index in [1.165, 1.54) is 83.5 Å². The Balaban J connectivity index is 1.47. The molecule has 0 aliphatic heterocycles. The minimum atomic E-state index is -0.440. The summed E-state index contributed by atoms with van der Waals surface area (Å²) in [4.78, 5) is 24.3. The van der Waals surface area contributed by atoms with Crippen molar-refractivity contribution < 1.29 is 19.1 Å². The van der Waals surface area contributed by atoms with Gasteiger partial charge >= 0.3 is 5.97 Å². The molecular formula is C33H48N2O4. The molecule has 0 spiro atoms. The van der Waals surface area contributed by atoms with E-state index >= 15 is 0 Å². The fourth-order valence-electron chi connectivity index (χ4n) is 4.41. The van der Waals surface area contributed by atoms with Crippen molar-refractivity contribution >= 4 is 18.1 Å². The van der Waals surface area contributed by atoms with Crippen molar-refractivity contribution in [2.24, 2.45) is 5.10 Å². The first kappa shape index (κ1) is 32.1. The van der Waals surface area contributed by atoms with Gasteiger partial charge in [-0.15, -0.1) is 0 Å². The summed E-state index contributed by atoms with van der Waals surface area (Å²) >= 11 is 0. The predicted octanol–water partition coefficient (Wildman–Crippen LogP) is 8.63. The Kier molecular flexibility index (Phi) is 17.1. The first-order chi connectivity index (χ1) is 19.1. The van der Waals surface area contributed by atoms with Gasteiger partial charge in [0, 0.05) is 6.42 Å². The molecule has 2 rings (SSSR count). The SMILES string of the molecule is CCCCCCCCCCCCCCCCCC(=O)NN=Cc1ccc(OC(=O)c2ccc(OC)cc2)cc1. The molecule has 0 fully saturated rings. The van der Waals surface area contributed by atoms with E-state index in [0.29, 0.717) is 23.5 Å². The molecule has 39 heavy (non-hydrogen) atoms. The zero-order valence-electron chi connectivity index (χ0n) is 24.1. The molecule has 214 valence electrons. The first-order valence-electron chi connectivity index (χ1n) is 14.9. The smallest absolute Gasteiger partial charge is 0.343 e. The van der Waals surface area contributed by atoms with Crippen molar-refractivity contribution in [3.8, 4) is 11.5 Å². The van der Waals surface area contributed by atoms with Gasteiger partial charge in [0.05, 0.1) is 18.9 Å². The van der Waals surface area contributed by atoms with Gasteiger partial charge in [-0.25, -0.2) is 10.2 Å². The monoisotopic (exact) mass is 536 g/mol. The highest BCUT2D eigenvalue weighted by atomic mass is 16.5. The molecule has 1 N–H and O–H groups in total. The number of carbonyl (C=O) groups is 2. The minimum absolute atomic E-state index is 0.0639. The summed E-state index contributed by atoms with van der Waals surface area (Å²) in [5.41, 5.74) is 3.83. The van der Waals surface area contributed by atoms with Crippen LogP contribution in [0.4, 0.5) is 0 Å². The number of hydrazone groups is 1. The number of methoxy groups -OCH3 is 1. The van der Waals surface area contributed by atoms with Gasteiger partial charge in [0.15, 0.2) is 0 Å². The molecule has 0 aromatic heterocycles. The van der Waals surface area contributed by atoms with Crippen LogP contribution in [0.1, 0.15) is 126 Å². The van der Waals surface area contributed by atoms with Crippen molar-refractivity contribution in [3.05, 3.63) is 59.7 Å². The summed E-state index contributed by atoms with van der Waals surface area (Å²) in [5.74, 6) is 0.610. The Bertz CT molecular complexity index is 955. The number of esters is 1. The third-order valence-electron chi connectivity index (χ3n) is 6.83. The van der Waals surface area contributed by atoms with E-state index < -0.39 is 5.97 Å². The molecule has 0 atom stereocenters. The molecule has 0 saturated carbocycles. The van der Waals surface area contributed by atoms with Crippen molar-refractivity contribution in [2.45, 2.75) is 110 Å². The quantitative estimate of drug-likeness (QED) is 0.0569. The Hall–Kier alpha value is -3.15. The molecule has 0 bridgehead atoms. The number of unbranched alkanes of at least 4 members (excludes halogenated alkanes) is 14. The molecule has 0 aliphatic carbocycles. The summed E-state index contributed by atoms with van der Waals surface area (Å²) in [5, 5.41) is 4.04. The van der Waals surface area contributed by atoms with E-state index in [0.717, 1.165) is 18.4 Å². The van der Waals surface area contributed by atoms with Crippen LogP contribution in [-0.4, -0.2) is 25.2 Å². The number of nitrogens with one attached hydrogen (secondary N) is 1. The average molecular weight is 537 g/mol. The van der Waals surface area contributed by atoms with Crippen molar-refractivity contribution in [1.82, 2.24) is 5.43 Å². The third kappa shape index (κ3) is 15.1. The maximum atomic E-state index is 12.3. The average Bonchev–Trinajstić information content (AvgIpc) is 2.96. The van der Waals surface area contributed by atoms with Crippen LogP contribution in [0, 0.1) is 0 Å². The Morgan fingerprint density at radius 3 is 1.69 bits per heavy atom. The number of hydrogen-bond acceptors (Lipinski definition) is 5. The number of nitrogens with zero attached hydrogens (tertiary/aromatic N) is 1. The second kappa shape index (κ2) is 20.8. The van der Waals surface area contributed by atoms with Gasteiger partial charge in [0.1, 0.15) is 11.5 Å². The molecule has 0 unspecified atom stereocenters. The van der Waals surface area contributed by atoms with E-state index in [-0.39, 0.29) is 5.91 Å². The first-order valence-corrected chi connectivity index (χ1v) is 14.9. The maximum Gasteiger partial charge on any atom is 0.343 e. The van der Waals surface area contributed by atoms with Crippen LogP contribution in [0.5, 0.6) is 11.5 Å². The highest BCUT2D eigenvalue weighted by Gasteiger charge is 2.08. The summed E-state index contributed by atoms with van der Waals surface area (Å²) in [6.07, 6.45) is 21.7. The van der Waals surface area contributed by atoms with Crippen molar-refractivity contribution in [2.75, 3.05) is 7.11 Å². The lowest BCUT2D eigenvalue weighted by Gasteiger charge is -2.05. The van der Waals surface area contributed by atoms with Gasteiger partial charge in [-0.2, -0.15) is 5.10 Å². The molecular weight excluding hydrogens is 488 g/mol. The second-order valence-corrected chi connectivity index (χ2v) is 10.2. The molecule has 2 aromatic rings. The third-order valence-corrected chi connectivity index (χ3v) is 6.83. The number of carbonyl (C=O) groups excluding carboxylic acids is 2. The zero-order chi connectivity index (χ0) is 28.0. The molecule has 0 heterocycles. The largest absolute Gasteiger partial charge is 0.497 e. The van der Waals surface area contributed by atoms with Crippen LogP contribution < -0.4 is 14.9 Å². The number of amides is 1. The van der Waals surface area contributed by atoms with Crippen LogP contribution in [0.3, 0.4) is 0 Å². The lowest BCUT2D eigenvalue weighted by molar-refractivity contribution is -0.121. The van der Waals surface area contributed by atoms with E-state index in [2.05, 4.69) is 17.5 Å².